The fraction of sp³-hybridized carbons (Fsp3) is 0.381. The number of piperazine rings is 1. The normalized spacial score (nSPS) is 18.8. The highest BCUT2D eigenvalue weighted by atomic mass is 16.5. The molecule has 0 bridgehead atoms. The van der Waals surface area contributed by atoms with Gasteiger partial charge in [-0.3, -0.25) is 14.6 Å². The Morgan fingerprint density at radius 3 is 2.16 bits per heavy atom. The van der Waals surface area contributed by atoms with Crippen LogP contribution in [0, 0.1) is 0 Å². The SMILES string of the molecule is COC(=O)C[C@H]1CN(Cc2ccccc2)CCN1Cc1ccccc1. The number of benzene rings is 2. The Balaban J connectivity index is 1.66. The molecule has 132 valence electrons. The van der Waals surface area contributed by atoms with E-state index in [9.17, 15) is 4.79 Å². The molecule has 1 atom stereocenters. The molecule has 0 aliphatic carbocycles. The van der Waals surface area contributed by atoms with E-state index >= 15 is 0 Å². The fourth-order valence-electron chi connectivity index (χ4n) is 3.44. The average Bonchev–Trinajstić information content (AvgIpc) is 2.65. The van der Waals surface area contributed by atoms with Gasteiger partial charge in [-0.1, -0.05) is 60.7 Å². The van der Waals surface area contributed by atoms with Crippen LogP contribution in [0.15, 0.2) is 60.7 Å². The second kappa shape index (κ2) is 8.79. The van der Waals surface area contributed by atoms with E-state index in [4.69, 9.17) is 4.74 Å². The van der Waals surface area contributed by atoms with Crippen molar-refractivity contribution in [3.63, 3.8) is 0 Å². The molecule has 0 spiro atoms. The first-order chi connectivity index (χ1) is 12.2. The van der Waals surface area contributed by atoms with Crippen molar-refractivity contribution in [1.29, 1.82) is 0 Å². The second-order valence-electron chi connectivity index (χ2n) is 6.61. The quantitative estimate of drug-likeness (QED) is 0.758. The van der Waals surface area contributed by atoms with E-state index in [0.29, 0.717) is 6.42 Å². The van der Waals surface area contributed by atoms with Crippen molar-refractivity contribution in [3.8, 4) is 0 Å². The number of carbonyl (C=O) groups excluding carboxylic acids is 1. The highest BCUT2D eigenvalue weighted by Gasteiger charge is 2.29. The van der Waals surface area contributed by atoms with Crippen LogP contribution >= 0.6 is 0 Å². The van der Waals surface area contributed by atoms with Gasteiger partial charge in [-0.25, -0.2) is 0 Å². The van der Waals surface area contributed by atoms with Crippen molar-refractivity contribution in [1.82, 2.24) is 9.80 Å². The van der Waals surface area contributed by atoms with Gasteiger partial charge in [-0.05, 0) is 11.1 Å². The first kappa shape index (κ1) is 17.6. The van der Waals surface area contributed by atoms with Crippen LogP contribution in [0.25, 0.3) is 0 Å². The lowest BCUT2D eigenvalue weighted by molar-refractivity contribution is -0.142. The minimum absolute atomic E-state index is 0.135. The lowest BCUT2D eigenvalue weighted by Crippen LogP contribution is -2.53. The number of esters is 1. The summed E-state index contributed by atoms with van der Waals surface area (Å²) < 4.78 is 4.92. The minimum Gasteiger partial charge on any atom is -0.469 e. The zero-order chi connectivity index (χ0) is 17.5. The van der Waals surface area contributed by atoms with Gasteiger partial charge in [0.2, 0.25) is 0 Å². The highest BCUT2D eigenvalue weighted by molar-refractivity contribution is 5.70. The highest BCUT2D eigenvalue weighted by Crippen LogP contribution is 2.19. The van der Waals surface area contributed by atoms with Crippen LogP contribution in [0.5, 0.6) is 0 Å². The molecule has 1 aliphatic rings. The molecule has 4 nitrogen and oxygen atoms in total. The predicted octanol–water partition coefficient (Wildman–Crippen LogP) is 2.94. The third kappa shape index (κ3) is 5.15. The second-order valence-corrected chi connectivity index (χ2v) is 6.61. The molecule has 0 radical (unpaired) electrons. The van der Waals surface area contributed by atoms with Crippen LogP contribution in [0.3, 0.4) is 0 Å². The van der Waals surface area contributed by atoms with Crippen molar-refractivity contribution in [3.05, 3.63) is 71.8 Å². The number of methoxy groups -OCH3 is 1. The molecule has 1 saturated heterocycles. The summed E-state index contributed by atoms with van der Waals surface area (Å²) >= 11 is 0. The van der Waals surface area contributed by atoms with E-state index in [0.717, 1.165) is 32.7 Å². The van der Waals surface area contributed by atoms with Gasteiger partial charge in [-0.15, -0.1) is 0 Å². The molecular formula is C21H26N2O2. The Kier molecular flexibility index (Phi) is 6.20. The number of hydrogen-bond acceptors (Lipinski definition) is 4. The summed E-state index contributed by atoms with van der Waals surface area (Å²) in [5.41, 5.74) is 2.60. The Hall–Kier alpha value is -2.17. The van der Waals surface area contributed by atoms with Gasteiger partial charge in [0.15, 0.2) is 0 Å². The van der Waals surface area contributed by atoms with Crippen molar-refractivity contribution < 1.29 is 9.53 Å². The third-order valence-corrected chi connectivity index (χ3v) is 4.80. The average molecular weight is 338 g/mol. The van der Waals surface area contributed by atoms with Crippen LogP contribution in [0.4, 0.5) is 0 Å². The number of hydrogen-bond donors (Lipinski definition) is 0. The van der Waals surface area contributed by atoms with E-state index in [1.165, 1.54) is 18.2 Å². The minimum atomic E-state index is -0.135. The summed E-state index contributed by atoms with van der Waals surface area (Å²) in [6.07, 6.45) is 0.439. The number of carbonyl (C=O) groups is 1. The lowest BCUT2D eigenvalue weighted by atomic mass is 10.1. The first-order valence-electron chi connectivity index (χ1n) is 8.85. The van der Waals surface area contributed by atoms with Crippen LogP contribution in [-0.4, -0.2) is 48.6 Å². The topological polar surface area (TPSA) is 32.8 Å². The van der Waals surface area contributed by atoms with Gasteiger partial charge in [0, 0.05) is 38.8 Å². The zero-order valence-electron chi connectivity index (χ0n) is 14.8. The Morgan fingerprint density at radius 1 is 0.960 bits per heavy atom. The zero-order valence-corrected chi connectivity index (χ0v) is 14.8. The molecule has 0 aromatic heterocycles. The third-order valence-electron chi connectivity index (χ3n) is 4.80. The summed E-state index contributed by atoms with van der Waals surface area (Å²) in [6.45, 7) is 4.67. The van der Waals surface area contributed by atoms with Crippen molar-refractivity contribution >= 4 is 5.97 Å². The van der Waals surface area contributed by atoms with Gasteiger partial charge in [0.1, 0.15) is 0 Å². The Morgan fingerprint density at radius 2 is 1.56 bits per heavy atom. The summed E-state index contributed by atoms with van der Waals surface area (Å²) in [5, 5.41) is 0. The van der Waals surface area contributed by atoms with Crippen LogP contribution in [0.2, 0.25) is 0 Å². The summed E-state index contributed by atoms with van der Waals surface area (Å²) in [4.78, 5) is 16.7. The molecule has 0 amide bonds. The molecule has 1 fully saturated rings. The monoisotopic (exact) mass is 338 g/mol. The summed E-state index contributed by atoms with van der Waals surface area (Å²) in [7, 11) is 1.47. The predicted molar refractivity (Wildman–Crippen MR) is 99.0 cm³/mol. The van der Waals surface area contributed by atoms with E-state index in [1.807, 2.05) is 12.1 Å². The molecule has 2 aromatic carbocycles. The maximum Gasteiger partial charge on any atom is 0.307 e. The van der Waals surface area contributed by atoms with Crippen LogP contribution in [0.1, 0.15) is 17.5 Å². The lowest BCUT2D eigenvalue weighted by Gasteiger charge is -2.41. The number of rotatable bonds is 6. The molecule has 1 aliphatic heterocycles. The Bertz CT molecular complexity index is 660. The van der Waals surface area contributed by atoms with E-state index in [2.05, 4.69) is 58.3 Å². The van der Waals surface area contributed by atoms with Gasteiger partial charge in [0.25, 0.3) is 0 Å². The van der Waals surface area contributed by atoms with Crippen molar-refractivity contribution in [2.75, 3.05) is 26.7 Å². The molecule has 2 aromatic rings. The molecule has 1 heterocycles. The van der Waals surface area contributed by atoms with Gasteiger partial charge >= 0.3 is 5.97 Å². The van der Waals surface area contributed by atoms with Crippen molar-refractivity contribution in [2.24, 2.45) is 0 Å². The summed E-state index contributed by atoms with van der Waals surface area (Å²) in [5.74, 6) is -0.135. The number of ether oxygens (including phenoxy) is 1. The smallest absolute Gasteiger partial charge is 0.307 e. The first-order valence-corrected chi connectivity index (χ1v) is 8.85. The molecule has 3 rings (SSSR count). The maximum absolute atomic E-state index is 11.9. The Labute approximate surface area is 150 Å². The van der Waals surface area contributed by atoms with Crippen LogP contribution < -0.4 is 0 Å². The molecule has 0 N–H and O–H groups in total. The fourth-order valence-corrected chi connectivity index (χ4v) is 3.44. The summed E-state index contributed by atoms with van der Waals surface area (Å²) in [6, 6.07) is 21.2. The van der Waals surface area contributed by atoms with E-state index in [-0.39, 0.29) is 12.0 Å². The molecule has 25 heavy (non-hydrogen) atoms. The number of nitrogens with zero attached hydrogens (tertiary/aromatic N) is 2. The van der Waals surface area contributed by atoms with Gasteiger partial charge in [-0.2, -0.15) is 0 Å². The maximum atomic E-state index is 11.9. The largest absolute Gasteiger partial charge is 0.469 e. The van der Waals surface area contributed by atoms with Crippen LogP contribution in [-0.2, 0) is 22.6 Å². The molecular weight excluding hydrogens is 312 g/mol. The van der Waals surface area contributed by atoms with Gasteiger partial charge < -0.3 is 4.74 Å². The molecule has 0 saturated carbocycles. The van der Waals surface area contributed by atoms with E-state index in [1.54, 1.807) is 0 Å². The van der Waals surface area contributed by atoms with Crippen molar-refractivity contribution in [2.45, 2.75) is 25.6 Å². The van der Waals surface area contributed by atoms with Gasteiger partial charge in [0.05, 0.1) is 13.5 Å². The standard InChI is InChI=1S/C21H26N2O2/c1-25-21(24)14-20-17-22(15-18-8-4-2-5-9-18)12-13-23(20)16-19-10-6-3-7-11-19/h2-11,20H,12-17H2,1H3/t20-/m0/s1. The van der Waals surface area contributed by atoms with E-state index < -0.39 is 0 Å². The molecule has 4 heteroatoms. The molecule has 0 unspecified atom stereocenters.